The molecule has 102 valence electrons. The van der Waals surface area contributed by atoms with Crippen molar-refractivity contribution in [2.75, 3.05) is 18.2 Å². The molecule has 2 aromatic carbocycles. The van der Waals surface area contributed by atoms with Gasteiger partial charge in [0.25, 0.3) is 0 Å². The molecule has 2 rings (SSSR count). The maximum absolute atomic E-state index is 8.86. The first kappa shape index (κ1) is 13.8. The summed E-state index contributed by atoms with van der Waals surface area (Å²) in [5.74, 6) is 0.804. The number of anilines is 2. The van der Waals surface area contributed by atoms with Crippen LogP contribution in [0.2, 0.25) is 0 Å². The van der Waals surface area contributed by atoms with E-state index in [0.717, 1.165) is 22.6 Å². The predicted octanol–water partition coefficient (Wildman–Crippen LogP) is 3.07. The van der Waals surface area contributed by atoms with Crippen molar-refractivity contribution in [2.45, 2.75) is 13.5 Å². The van der Waals surface area contributed by atoms with Crippen LogP contribution in [-0.4, -0.2) is 7.11 Å². The lowest BCUT2D eigenvalue weighted by Gasteiger charge is -2.13. The van der Waals surface area contributed by atoms with E-state index in [4.69, 9.17) is 15.7 Å². The summed E-state index contributed by atoms with van der Waals surface area (Å²) in [7, 11) is 1.64. The lowest BCUT2D eigenvalue weighted by atomic mass is 10.1. The number of benzene rings is 2. The number of nitrogens with one attached hydrogen (secondary N) is 1. The molecule has 0 amide bonds. The highest BCUT2D eigenvalue weighted by molar-refractivity contribution is 5.55. The summed E-state index contributed by atoms with van der Waals surface area (Å²) < 4.78 is 5.32. The van der Waals surface area contributed by atoms with Gasteiger partial charge in [-0.05, 0) is 48.9 Å². The van der Waals surface area contributed by atoms with Crippen LogP contribution >= 0.6 is 0 Å². The summed E-state index contributed by atoms with van der Waals surface area (Å²) >= 11 is 0. The van der Waals surface area contributed by atoms with E-state index in [1.54, 1.807) is 13.2 Å². The van der Waals surface area contributed by atoms with E-state index >= 15 is 0 Å². The Balaban J connectivity index is 2.17. The van der Waals surface area contributed by atoms with E-state index in [1.807, 2.05) is 37.3 Å². The molecule has 2 aromatic rings. The highest BCUT2D eigenvalue weighted by Crippen LogP contribution is 2.23. The molecule has 0 radical (unpaired) electrons. The van der Waals surface area contributed by atoms with Crippen LogP contribution in [0.4, 0.5) is 11.4 Å². The third-order valence-corrected chi connectivity index (χ3v) is 3.13. The van der Waals surface area contributed by atoms with Crippen molar-refractivity contribution in [1.82, 2.24) is 0 Å². The number of ether oxygens (including phenoxy) is 1. The summed E-state index contributed by atoms with van der Waals surface area (Å²) in [5.41, 5.74) is 10.2. The van der Waals surface area contributed by atoms with Crippen LogP contribution in [0.25, 0.3) is 0 Å². The highest BCUT2D eigenvalue weighted by atomic mass is 16.5. The van der Waals surface area contributed by atoms with Crippen molar-refractivity contribution < 1.29 is 4.74 Å². The third-order valence-electron chi connectivity index (χ3n) is 3.13. The molecule has 4 heteroatoms. The SMILES string of the molecule is COc1ccc(N)cc1CNc1ccc(C#N)cc1C. The molecule has 4 nitrogen and oxygen atoms in total. The van der Waals surface area contributed by atoms with Crippen molar-refractivity contribution in [2.24, 2.45) is 0 Å². The number of nitrogen functional groups attached to an aromatic ring is 1. The van der Waals surface area contributed by atoms with E-state index in [0.29, 0.717) is 17.8 Å². The van der Waals surface area contributed by atoms with Crippen LogP contribution < -0.4 is 15.8 Å². The molecule has 0 unspecified atom stereocenters. The second kappa shape index (κ2) is 5.98. The van der Waals surface area contributed by atoms with E-state index in [2.05, 4.69) is 11.4 Å². The van der Waals surface area contributed by atoms with Crippen LogP contribution in [0.3, 0.4) is 0 Å². The Morgan fingerprint density at radius 2 is 2.05 bits per heavy atom. The molecule has 0 fully saturated rings. The van der Waals surface area contributed by atoms with Gasteiger partial charge >= 0.3 is 0 Å². The zero-order valence-corrected chi connectivity index (χ0v) is 11.6. The molecule has 3 N–H and O–H groups in total. The summed E-state index contributed by atoms with van der Waals surface area (Å²) in [5, 5.41) is 12.2. The smallest absolute Gasteiger partial charge is 0.123 e. The topological polar surface area (TPSA) is 71.1 Å². The molecule has 0 saturated carbocycles. The monoisotopic (exact) mass is 267 g/mol. The highest BCUT2D eigenvalue weighted by Gasteiger charge is 2.05. The fourth-order valence-corrected chi connectivity index (χ4v) is 2.06. The Morgan fingerprint density at radius 1 is 1.25 bits per heavy atom. The molecule has 0 atom stereocenters. The second-order valence-corrected chi connectivity index (χ2v) is 4.57. The zero-order valence-electron chi connectivity index (χ0n) is 11.6. The standard InChI is InChI=1S/C16H17N3O/c1-11-7-12(9-17)3-5-15(11)19-10-13-8-14(18)4-6-16(13)20-2/h3-8,19H,10,18H2,1-2H3. The molecule has 0 bridgehead atoms. The summed E-state index contributed by atoms with van der Waals surface area (Å²) in [6.07, 6.45) is 0. The van der Waals surface area contributed by atoms with Crippen molar-refractivity contribution in [1.29, 1.82) is 5.26 Å². The first-order valence-corrected chi connectivity index (χ1v) is 6.31. The molecule has 0 aromatic heterocycles. The molecular weight excluding hydrogens is 250 g/mol. The van der Waals surface area contributed by atoms with Gasteiger partial charge in [-0.15, -0.1) is 0 Å². The van der Waals surface area contributed by atoms with Gasteiger partial charge in [-0.1, -0.05) is 0 Å². The molecule has 20 heavy (non-hydrogen) atoms. The average molecular weight is 267 g/mol. The van der Waals surface area contributed by atoms with Crippen molar-refractivity contribution >= 4 is 11.4 Å². The van der Waals surface area contributed by atoms with Gasteiger partial charge < -0.3 is 15.8 Å². The lowest BCUT2D eigenvalue weighted by Crippen LogP contribution is -2.04. The van der Waals surface area contributed by atoms with Crippen LogP contribution in [0.1, 0.15) is 16.7 Å². The third kappa shape index (κ3) is 3.01. The molecule has 0 aliphatic heterocycles. The van der Waals surface area contributed by atoms with Gasteiger partial charge in [-0.3, -0.25) is 0 Å². The van der Waals surface area contributed by atoms with Gasteiger partial charge in [0.05, 0.1) is 18.7 Å². The van der Waals surface area contributed by atoms with Gasteiger partial charge in [-0.2, -0.15) is 5.26 Å². The van der Waals surface area contributed by atoms with Crippen LogP contribution in [0.15, 0.2) is 36.4 Å². The first-order chi connectivity index (χ1) is 9.63. The number of rotatable bonds is 4. The number of methoxy groups -OCH3 is 1. The van der Waals surface area contributed by atoms with Crippen LogP contribution in [0.5, 0.6) is 5.75 Å². The number of nitrogens with two attached hydrogens (primary N) is 1. The number of hydrogen-bond donors (Lipinski definition) is 2. The quantitative estimate of drug-likeness (QED) is 0.835. The minimum absolute atomic E-state index is 0.612. The van der Waals surface area contributed by atoms with Crippen LogP contribution in [-0.2, 0) is 6.54 Å². The van der Waals surface area contributed by atoms with Gasteiger partial charge in [0, 0.05) is 23.5 Å². The summed E-state index contributed by atoms with van der Waals surface area (Å²) in [6, 6.07) is 13.3. The maximum Gasteiger partial charge on any atom is 0.123 e. The largest absolute Gasteiger partial charge is 0.496 e. The van der Waals surface area contributed by atoms with Gasteiger partial charge in [0.1, 0.15) is 5.75 Å². The summed E-state index contributed by atoms with van der Waals surface area (Å²) in [4.78, 5) is 0. The molecule has 0 heterocycles. The Hall–Kier alpha value is -2.67. The molecule has 0 aliphatic rings. The number of aryl methyl sites for hydroxylation is 1. The first-order valence-electron chi connectivity index (χ1n) is 6.31. The van der Waals surface area contributed by atoms with Crippen molar-refractivity contribution in [3.8, 4) is 11.8 Å². The van der Waals surface area contributed by atoms with Crippen LogP contribution in [0, 0.1) is 18.3 Å². The second-order valence-electron chi connectivity index (χ2n) is 4.57. The summed E-state index contributed by atoms with van der Waals surface area (Å²) in [6.45, 7) is 2.58. The van der Waals surface area contributed by atoms with E-state index < -0.39 is 0 Å². The minimum atomic E-state index is 0.612. The minimum Gasteiger partial charge on any atom is -0.496 e. The average Bonchev–Trinajstić information content (AvgIpc) is 2.46. The number of nitriles is 1. The normalized spacial score (nSPS) is 9.85. The van der Waals surface area contributed by atoms with Crippen molar-refractivity contribution in [3.63, 3.8) is 0 Å². The molecular formula is C16H17N3O. The number of nitrogens with zero attached hydrogens (tertiary/aromatic N) is 1. The Kier molecular flexibility index (Phi) is 4.11. The molecule has 0 aliphatic carbocycles. The molecule has 0 spiro atoms. The number of hydrogen-bond acceptors (Lipinski definition) is 4. The molecule has 0 saturated heterocycles. The Morgan fingerprint density at radius 3 is 2.70 bits per heavy atom. The van der Waals surface area contributed by atoms with Gasteiger partial charge in [0.2, 0.25) is 0 Å². The van der Waals surface area contributed by atoms with E-state index in [-0.39, 0.29) is 0 Å². The Bertz CT molecular complexity index is 659. The van der Waals surface area contributed by atoms with E-state index in [9.17, 15) is 0 Å². The van der Waals surface area contributed by atoms with E-state index in [1.165, 1.54) is 0 Å². The van der Waals surface area contributed by atoms with Crippen molar-refractivity contribution in [3.05, 3.63) is 53.1 Å². The maximum atomic E-state index is 8.86. The predicted molar refractivity (Wildman–Crippen MR) is 80.6 cm³/mol. The fraction of sp³-hybridized carbons (Fsp3) is 0.188. The zero-order chi connectivity index (χ0) is 14.5. The lowest BCUT2D eigenvalue weighted by molar-refractivity contribution is 0.410. The fourth-order valence-electron chi connectivity index (χ4n) is 2.06. The van der Waals surface area contributed by atoms with Gasteiger partial charge in [0.15, 0.2) is 0 Å². The Labute approximate surface area is 118 Å². The van der Waals surface area contributed by atoms with Gasteiger partial charge in [-0.25, -0.2) is 0 Å².